The largest absolute Gasteiger partial charge is 0.449 e. The van der Waals surface area contributed by atoms with E-state index in [1.165, 1.54) is 0 Å². The summed E-state index contributed by atoms with van der Waals surface area (Å²) in [5, 5.41) is 0. The normalized spacial score (nSPS) is 17.3. The quantitative estimate of drug-likeness (QED) is 0.517. The highest BCUT2D eigenvalue weighted by molar-refractivity contribution is 5.87. The number of ether oxygens (including phenoxy) is 1. The maximum atomic E-state index is 11.8. The number of carbonyl (C=O) groups is 2. The standard InChI is InChI=1S/C11H17NO3/c1-3-9(15-10(13)4-2)11(14)12-7-5-6-8-12/h4,9H,2-3,5-8H2,1H3. The molecule has 0 saturated carbocycles. The van der Waals surface area contributed by atoms with E-state index in [9.17, 15) is 9.59 Å². The highest BCUT2D eigenvalue weighted by atomic mass is 16.5. The highest BCUT2D eigenvalue weighted by Crippen LogP contribution is 2.12. The van der Waals surface area contributed by atoms with Crippen LogP contribution < -0.4 is 0 Å². The first-order valence-electron chi connectivity index (χ1n) is 5.31. The van der Waals surface area contributed by atoms with Crippen LogP contribution in [-0.4, -0.2) is 36.0 Å². The Morgan fingerprint density at radius 3 is 2.53 bits per heavy atom. The van der Waals surface area contributed by atoms with Gasteiger partial charge < -0.3 is 9.64 Å². The molecule has 4 nitrogen and oxygen atoms in total. The number of amides is 1. The van der Waals surface area contributed by atoms with Gasteiger partial charge in [-0.2, -0.15) is 0 Å². The number of hydrogen-bond donors (Lipinski definition) is 0. The first-order valence-corrected chi connectivity index (χ1v) is 5.31. The Labute approximate surface area is 89.9 Å². The number of hydrogen-bond acceptors (Lipinski definition) is 3. The first-order chi connectivity index (χ1) is 7.19. The second-order valence-electron chi connectivity index (χ2n) is 3.57. The lowest BCUT2D eigenvalue weighted by atomic mass is 10.2. The van der Waals surface area contributed by atoms with Gasteiger partial charge in [0.2, 0.25) is 0 Å². The lowest BCUT2D eigenvalue weighted by molar-refractivity contribution is -0.156. The second kappa shape index (κ2) is 5.53. The molecule has 0 aliphatic carbocycles. The van der Waals surface area contributed by atoms with E-state index in [2.05, 4.69) is 6.58 Å². The van der Waals surface area contributed by atoms with Crippen LogP contribution in [0, 0.1) is 0 Å². The predicted octanol–water partition coefficient (Wildman–Crippen LogP) is 1.12. The van der Waals surface area contributed by atoms with Crippen molar-refractivity contribution in [3.8, 4) is 0 Å². The van der Waals surface area contributed by atoms with Gasteiger partial charge in [-0.3, -0.25) is 4.79 Å². The van der Waals surface area contributed by atoms with E-state index >= 15 is 0 Å². The summed E-state index contributed by atoms with van der Waals surface area (Å²) in [5.41, 5.74) is 0. The number of rotatable bonds is 4. The van der Waals surface area contributed by atoms with Crippen LogP contribution in [0.5, 0.6) is 0 Å². The van der Waals surface area contributed by atoms with Crippen LogP contribution in [0.1, 0.15) is 26.2 Å². The Balaban J connectivity index is 2.52. The molecule has 0 aromatic rings. The summed E-state index contributed by atoms with van der Waals surface area (Å²) in [6, 6.07) is 0. The van der Waals surface area contributed by atoms with Crippen LogP contribution >= 0.6 is 0 Å². The molecule has 1 rings (SSSR count). The van der Waals surface area contributed by atoms with E-state index in [0.29, 0.717) is 6.42 Å². The van der Waals surface area contributed by atoms with Gasteiger partial charge >= 0.3 is 5.97 Å². The molecule has 1 unspecified atom stereocenters. The van der Waals surface area contributed by atoms with Crippen molar-refractivity contribution in [2.45, 2.75) is 32.3 Å². The Morgan fingerprint density at radius 1 is 1.47 bits per heavy atom. The maximum Gasteiger partial charge on any atom is 0.330 e. The summed E-state index contributed by atoms with van der Waals surface area (Å²) in [7, 11) is 0. The molecule has 1 fully saturated rings. The van der Waals surface area contributed by atoms with Crippen LogP contribution in [0.25, 0.3) is 0 Å². The van der Waals surface area contributed by atoms with Crippen molar-refractivity contribution in [1.29, 1.82) is 0 Å². The van der Waals surface area contributed by atoms with Crippen molar-refractivity contribution in [3.05, 3.63) is 12.7 Å². The minimum Gasteiger partial charge on any atom is -0.449 e. The molecule has 4 heteroatoms. The number of carbonyl (C=O) groups excluding carboxylic acids is 2. The third-order valence-corrected chi connectivity index (χ3v) is 2.49. The van der Waals surface area contributed by atoms with E-state index < -0.39 is 12.1 Å². The van der Waals surface area contributed by atoms with Gasteiger partial charge in [0, 0.05) is 19.2 Å². The summed E-state index contributed by atoms with van der Waals surface area (Å²) < 4.78 is 4.97. The molecule has 84 valence electrons. The van der Waals surface area contributed by atoms with Crippen molar-refractivity contribution in [2.75, 3.05) is 13.1 Å². The highest BCUT2D eigenvalue weighted by Gasteiger charge is 2.27. The fraction of sp³-hybridized carbons (Fsp3) is 0.636. The molecule has 0 aromatic carbocycles. The van der Waals surface area contributed by atoms with Crippen LogP contribution in [0.2, 0.25) is 0 Å². The van der Waals surface area contributed by atoms with E-state index in [1.807, 2.05) is 6.92 Å². The Bertz CT molecular complexity index is 257. The summed E-state index contributed by atoms with van der Waals surface area (Å²) in [4.78, 5) is 24.6. The molecular weight excluding hydrogens is 194 g/mol. The number of likely N-dealkylation sites (tertiary alicyclic amines) is 1. The topological polar surface area (TPSA) is 46.6 Å². The monoisotopic (exact) mass is 211 g/mol. The lowest BCUT2D eigenvalue weighted by Gasteiger charge is -2.21. The molecule has 1 amide bonds. The lowest BCUT2D eigenvalue weighted by Crippen LogP contribution is -2.39. The molecule has 1 aliphatic rings. The van der Waals surface area contributed by atoms with Crippen molar-refractivity contribution in [3.63, 3.8) is 0 Å². The van der Waals surface area contributed by atoms with Crippen LogP contribution in [-0.2, 0) is 14.3 Å². The van der Waals surface area contributed by atoms with Gasteiger partial charge in [-0.15, -0.1) is 0 Å². The van der Waals surface area contributed by atoms with Crippen molar-refractivity contribution < 1.29 is 14.3 Å². The van der Waals surface area contributed by atoms with Gasteiger partial charge in [0.25, 0.3) is 5.91 Å². The van der Waals surface area contributed by atoms with E-state index in [4.69, 9.17) is 4.74 Å². The summed E-state index contributed by atoms with van der Waals surface area (Å²) in [6.07, 6.45) is 3.03. The first kappa shape index (κ1) is 11.8. The van der Waals surface area contributed by atoms with Crippen molar-refractivity contribution >= 4 is 11.9 Å². The Hall–Kier alpha value is -1.32. The zero-order chi connectivity index (χ0) is 11.3. The molecule has 1 aliphatic heterocycles. The summed E-state index contributed by atoms with van der Waals surface area (Å²) in [6.45, 7) is 6.69. The zero-order valence-corrected chi connectivity index (χ0v) is 9.07. The molecule has 1 heterocycles. The van der Waals surface area contributed by atoms with E-state index in [1.54, 1.807) is 4.90 Å². The Morgan fingerprint density at radius 2 is 2.07 bits per heavy atom. The van der Waals surface area contributed by atoms with Gasteiger partial charge in [0.1, 0.15) is 0 Å². The average molecular weight is 211 g/mol. The fourth-order valence-corrected chi connectivity index (χ4v) is 1.64. The molecular formula is C11H17NO3. The van der Waals surface area contributed by atoms with Crippen LogP contribution in [0.4, 0.5) is 0 Å². The third-order valence-electron chi connectivity index (χ3n) is 2.49. The molecule has 0 radical (unpaired) electrons. The van der Waals surface area contributed by atoms with Gasteiger partial charge in [-0.1, -0.05) is 13.5 Å². The van der Waals surface area contributed by atoms with Gasteiger partial charge in [0.15, 0.2) is 6.10 Å². The molecule has 0 spiro atoms. The minimum absolute atomic E-state index is 0.0785. The Kier molecular flexibility index (Phi) is 4.34. The molecule has 0 N–H and O–H groups in total. The van der Waals surface area contributed by atoms with Crippen molar-refractivity contribution in [2.24, 2.45) is 0 Å². The third kappa shape index (κ3) is 3.08. The number of esters is 1. The van der Waals surface area contributed by atoms with Crippen molar-refractivity contribution in [1.82, 2.24) is 4.90 Å². The average Bonchev–Trinajstić information content (AvgIpc) is 2.77. The molecule has 15 heavy (non-hydrogen) atoms. The fourth-order valence-electron chi connectivity index (χ4n) is 1.64. The smallest absolute Gasteiger partial charge is 0.330 e. The molecule has 0 bridgehead atoms. The summed E-state index contributed by atoms with van der Waals surface area (Å²) >= 11 is 0. The minimum atomic E-state index is -0.645. The second-order valence-corrected chi connectivity index (χ2v) is 3.57. The molecule has 1 atom stereocenters. The molecule has 0 aromatic heterocycles. The zero-order valence-electron chi connectivity index (χ0n) is 9.07. The van der Waals surface area contributed by atoms with E-state index in [0.717, 1.165) is 32.0 Å². The SMILES string of the molecule is C=CC(=O)OC(CC)C(=O)N1CCCC1. The van der Waals surface area contributed by atoms with Gasteiger partial charge in [0.05, 0.1) is 0 Å². The molecule has 1 saturated heterocycles. The van der Waals surface area contributed by atoms with Crippen LogP contribution in [0.15, 0.2) is 12.7 Å². The van der Waals surface area contributed by atoms with Gasteiger partial charge in [-0.25, -0.2) is 4.79 Å². The predicted molar refractivity (Wildman–Crippen MR) is 56.2 cm³/mol. The van der Waals surface area contributed by atoms with E-state index in [-0.39, 0.29) is 5.91 Å². The number of nitrogens with zero attached hydrogens (tertiary/aromatic N) is 1. The van der Waals surface area contributed by atoms with Crippen LogP contribution in [0.3, 0.4) is 0 Å². The van der Waals surface area contributed by atoms with Gasteiger partial charge in [-0.05, 0) is 19.3 Å². The maximum absolute atomic E-state index is 11.8. The summed E-state index contributed by atoms with van der Waals surface area (Å²) in [5.74, 6) is -0.611.